The minimum Gasteiger partial charge on any atom is -0.339 e. The highest BCUT2D eigenvalue weighted by Gasteiger charge is 2.18. The van der Waals surface area contributed by atoms with Gasteiger partial charge in [-0.3, -0.25) is 4.79 Å². The second-order valence-electron chi connectivity index (χ2n) is 4.69. The summed E-state index contributed by atoms with van der Waals surface area (Å²) >= 11 is 12.6. The summed E-state index contributed by atoms with van der Waals surface area (Å²) < 4.78 is 0. The Morgan fingerprint density at radius 3 is 2.63 bits per heavy atom. The van der Waals surface area contributed by atoms with Crippen LogP contribution in [-0.2, 0) is 11.2 Å². The first-order valence-electron chi connectivity index (χ1n) is 6.46. The highest BCUT2D eigenvalue weighted by molar-refractivity contribution is 6.37. The first-order chi connectivity index (χ1) is 9.04. The van der Waals surface area contributed by atoms with E-state index in [1.54, 1.807) is 6.92 Å². The molecule has 0 spiro atoms. The van der Waals surface area contributed by atoms with Crippen molar-refractivity contribution >= 4 is 34.7 Å². The average Bonchev–Trinajstić information content (AvgIpc) is 2.39. The van der Waals surface area contributed by atoms with E-state index in [-0.39, 0.29) is 5.91 Å². The maximum atomic E-state index is 11.3. The summed E-state index contributed by atoms with van der Waals surface area (Å²) in [5.41, 5.74) is 3.25. The van der Waals surface area contributed by atoms with Gasteiger partial charge in [-0.1, -0.05) is 42.3 Å². The number of amides is 1. The van der Waals surface area contributed by atoms with Crippen LogP contribution in [0.3, 0.4) is 0 Å². The van der Waals surface area contributed by atoms with Gasteiger partial charge >= 0.3 is 0 Å². The molecule has 0 saturated carbocycles. The van der Waals surface area contributed by atoms with Gasteiger partial charge in [-0.15, -0.1) is 0 Å². The van der Waals surface area contributed by atoms with Gasteiger partial charge < -0.3 is 4.90 Å². The molecule has 0 unspecified atom stereocenters. The Morgan fingerprint density at radius 1 is 1.37 bits per heavy atom. The molecule has 1 aromatic rings. The topological polar surface area (TPSA) is 20.3 Å². The zero-order chi connectivity index (χ0) is 14.0. The van der Waals surface area contributed by atoms with Crippen LogP contribution in [0.25, 0.3) is 5.57 Å². The van der Waals surface area contributed by atoms with E-state index in [1.807, 2.05) is 24.0 Å². The fraction of sp³-hybridized carbons (Fsp3) is 0.400. The van der Waals surface area contributed by atoms with Gasteiger partial charge in [0.2, 0.25) is 5.91 Å². The second-order valence-corrected chi connectivity index (χ2v) is 5.47. The number of nitrogens with zero attached hydrogens (tertiary/aromatic N) is 1. The number of hydrogen-bond acceptors (Lipinski definition) is 1. The van der Waals surface area contributed by atoms with E-state index < -0.39 is 0 Å². The third kappa shape index (κ3) is 2.96. The standard InChI is InChI=1S/C15H17Cl2NO/c1-3-12-14(16)5-4-13(15(12)17)11-6-8-18(9-7-11)10(2)19/h4-6H,3,7-9H2,1-2H3. The summed E-state index contributed by atoms with van der Waals surface area (Å²) in [6, 6.07) is 3.87. The molecule has 1 aliphatic heterocycles. The maximum absolute atomic E-state index is 11.3. The smallest absolute Gasteiger partial charge is 0.219 e. The lowest BCUT2D eigenvalue weighted by Gasteiger charge is -2.26. The average molecular weight is 298 g/mol. The molecule has 0 radical (unpaired) electrons. The third-order valence-electron chi connectivity index (χ3n) is 3.54. The molecule has 1 aromatic carbocycles. The fourth-order valence-corrected chi connectivity index (χ4v) is 3.13. The SMILES string of the molecule is CCc1c(Cl)ccc(C2=CCN(C(C)=O)CC2)c1Cl. The van der Waals surface area contributed by atoms with Crippen molar-refractivity contribution in [2.24, 2.45) is 0 Å². The van der Waals surface area contributed by atoms with Gasteiger partial charge in [-0.05, 0) is 35.6 Å². The minimum atomic E-state index is 0.117. The van der Waals surface area contributed by atoms with Gasteiger partial charge in [0.05, 0.1) is 5.02 Å². The molecular weight excluding hydrogens is 281 g/mol. The van der Waals surface area contributed by atoms with Crippen molar-refractivity contribution < 1.29 is 4.79 Å². The van der Waals surface area contributed by atoms with E-state index in [0.717, 1.165) is 40.6 Å². The van der Waals surface area contributed by atoms with Crippen LogP contribution in [0.15, 0.2) is 18.2 Å². The zero-order valence-electron chi connectivity index (χ0n) is 11.2. The molecule has 4 heteroatoms. The van der Waals surface area contributed by atoms with E-state index in [0.29, 0.717) is 6.54 Å². The van der Waals surface area contributed by atoms with Crippen molar-refractivity contribution in [3.05, 3.63) is 39.4 Å². The van der Waals surface area contributed by atoms with Crippen molar-refractivity contribution in [1.29, 1.82) is 0 Å². The first-order valence-corrected chi connectivity index (χ1v) is 7.22. The number of halogens is 2. The Morgan fingerprint density at radius 2 is 2.11 bits per heavy atom. The first kappa shape index (κ1) is 14.4. The monoisotopic (exact) mass is 297 g/mol. The quantitative estimate of drug-likeness (QED) is 0.801. The lowest BCUT2D eigenvalue weighted by atomic mass is 9.97. The predicted molar refractivity (Wildman–Crippen MR) is 80.7 cm³/mol. The van der Waals surface area contributed by atoms with Crippen LogP contribution >= 0.6 is 23.2 Å². The Labute approximate surface area is 124 Å². The molecule has 0 atom stereocenters. The van der Waals surface area contributed by atoms with Crippen molar-refractivity contribution in [2.45, 2.75) is 26.7 Å². The van der Waals surface area contributed by atoms with Crippen LogP contribution in [0.4, 0.5) is 0 Å². The predicted octanol–water partition coefficient (Wildman–Crippen LogP) is 4.19. The lowest BCUT2D eigenvalue weighted by molar-refractivity contribution is -0.128. The summed E-state index contributed by atoms with van der Waals surface area (Å²) in [5.74, 6) is 0.117. The minimum absolute atomic E-state index is 0.117. The largest absolute Gasteiger partial charge is 0.339 e. The molecule has 0 saturated heterocycles. The number of rotatable bonds is 2. The van der Waals surface area contributed by atoms with E-state index in [2.05, 4.69) is 6.08 Å². The molecule has 1 heterocycles. The number of benzene rings is 1. The third-order valence-corrected chi connectivity index (χ3v) is 4.33. The van der Waals surface area contributed by atoms with Crippen molar-refractivity contribution in [1.82, 2.24) is 4.90 Å². The summed E-state index contributed by atoms with van der Waals surface area (Å²) in [7, 11) is 0. The van der Waals surface area contributed by atoms with Crippen molar-refractivity contribution in [2.75, 3.05) is 13.1 Å². The molecule has 0 aliphatic carbocycles. The zero-order valence-corrected chi connectivity index (χ0v) is 12.7. The molecule has 0 bridgehead atoms. The Kier molecular flexibility index (Phi) is 4.54. The Bertz CT molecular complexity index is 537. The molecule has 0 fully saturated rings. The van der Waals surface area contributed by atoms with E-state index >= 15 is 0 Å². The molecule has 1 amide bonds. The summed E-state index contributed by atoms with van der Waals surface area (Å²) in [4.78, 5) is 13.1. The van der Waals surface area contributed by atoms with Crippen LogP contribution in [0.5, 0.6) is 0 Å². The van der Waals surface area contributed by atoms with Gasteiger partial charge in [-0.25, -0.2) is 0 Å². The van der Waals surface area contributed by atoms with Crippen LogP contribution < -0.4 is 0 Å². The van der Waals surface area contributed by atoms with Crippen LogP contribution in [-0.4, -0.2) is 23.9 Å². The molecule has 19 heavy (non-hydrogen) atoms. The maximum Gasteiger partial charge on any atom is 0.219 e. The fourth-order valence-electron chi connectivity index (χ4n) is 2.37. The highest BCUT2D eigenvalue weighted by Crippen LogP contribution is 2.34. The van der Waals surface area contributed by atoms with Crippen molar-refractivity contribution in [3.8, 4) is 0 Å². The Balaban J connectivity index is 2.31. The molecule has 0 aromatic heterocycles. The number of hydrogen-bond donors (Lipinski definition) is 0. The van der Waals surface area contributed by atoms with Crippen LogP contribution in [0.2, 0.25) is 10.0 Å². The highest BCUT2D eigenvalue weighted by atomic mass is 35.5. The van der Waals surface area contributed by atoms with Gasteiger partial charge in [-0.2, -0.15) is 0 Å². The van der Waals surface area contributed by atoms with Gasteiger partial charge in [0.1, 0.15) is 0 Å². The normalized spacial score (nSPS) is 15.4. The molecule has 1 aliphatic rings. The molecule has 2 rings (SSSR count). The van der Waals surface area contributed by atoms with E-state index in [9.17, 15) is 4.79 Å². The van der Waals surface area contributed by atoms with Crippen LogP contribution in [0.1, 0.15) is 31.4 Å². The van der Waals surface area contributed by atoms with Crippen LogP contribution in [0, 0.1) is 0 Å². The second kappa shape index (κ2) is 5.98. The molecular formula is C15H17Cl2NO. The summed E-state index contributed by atoms with van der Waals surface area (Å²) in [6.07, 6.45) is 3.74. The van der Waals surface area contributed by atoms with E-state index in [1.165, 1.54) is 5.57 Å². The number of carbonyl (C=O) groups excluding carboxylic acids is 1. The van der Waals surface area contributed by atoms with Gasteiger partial charge in [0, 0.05) is 25.0 Å². The molecule has 102 valence electrons. The summed E-state index contributed by atoms with van der Waals surface area (Å²) in [5, 5.41) is 1.47. The number of carbonyl (C=O) groups is 1. The molecule has 0 N–H and O–H groups in total. The Hall–Kier alpha value is -0.990. The van der Waals surface area contributed by atoms with Crippen molar-refractivity contribution in [3.63, 3.8) is 0 Å². The van der Waals surface area contributed by atoms with Gasteiger partial charge in [0.25, 0.3) is 0 Å². The van der Waals surface area contributed by atoms with E-state index in [4.69, 9.17) is 23.2 Å². The van der Waals surface area contributed by atoms with Gasteiger partial charge in [0.15, 0.2) is 0 Å². The summed E-state index contributed by atoms with van der Waals surface area (Å²) in [6.45, 7) is 5.06. The molecule has 2 nitrogen and oxygen atoms in total. The lowest BCUT2D eigenvalue weighted by Crippen LogP contribution is -2.32.